The second-order valence-corrected chi connectivity index (χ2v) is 6.17. The largest absolute Gasteiger partial charge is 0.207 e. The zero-order chi connectivity index (χ0) is 11.7. The standard InChI is InChI=1S/C12H9BrClFS/c1-7-2-3-8(15)6-9(7)12(13)10-4-5-11(14)16-10/h2-6,12H,1H3. The number of benzene rings is 1. The second kappa shape index (κ2) is 4.86. The summed E-state index contributed by atoms with van der Waals surface area (Å²) in [5, 5.41) is 0. The summed E-state index contributed by atoms with van der Waals surface area (Å²) < 4.78 is 13.9. The van der Waals surface area contributed by atoms with Gasteiger partial charge in [0.25, 0.3) is 0 Å². The van der Waals surface area contributed by atoms with Gasteiger partial charge in [0.05, 0.1) is 9.16 Å². The van der Waals surface area contributed by atoms with Crippen molar-refractivity contribution < 1.29 is 4.39 Å². The Morgan fingerprint density at radius 1 is 1.31 bits per heavy atom. The SMILES string of the molecule is Cc1ccc(F)cc1C(Br)c1ccc(Cl)s1. The maximum absolute atomic E-state index is 13.2. The van der Waals surface area contributed by atoms with Gasteiger partial charge in [0.2, 0.25) is 0 Å². The van der Waals surface area contributed by atoms with Crippen molar-refractivity contribution in [3.05, 3.63) is 56.5 Å². The van der Waals surface area contributed by atoms with Crippen LogP contribution in [0.2, 0.25) is 4.34 Å². The van der Waals surface area contributed by atoms with Crippen molar-refractivity contribution in [2.75, 3.05) is 0 Å². The highest BCUT2D eigenvalue weighted by Gasteiger charge is 2.15. The van der Waals surface area contributed by atoms with Gasteiger partial charge < -0.3 is 0 Å². The maximum atomic E-state index is 13.2. The fourth-order valence-electron chi connectivity index (χ4n) is 1.50. The van der Waals surface area contributed by atoms with Crippen LogP contribution in [-0.2, 0) is 0 Å². The van der Waals surface area contributed by atoms with E-state index in [-0.39, 0.29) is 10.6 Å². The van der Waals surface area contributed by atoms with Gasteiger partial charge in [-0.05, 0) is 42.3 Å². The van der Waals surface area contributed by atoms with E-state index in [1.54, 1.807) is 12.1 Å². The number of rotatable bonds is 2. The summed E-state index contributed by atoms with van der Waals surface area (Å²) in [5.74, 6) is -0.215. The van der Waals surface area contributed by atoms with Gasteiger partial charge in [0, 0.05) is 4.88 Å². The summed E-state index contributed by atoms with van der Waals surface area (Å²) in [5.41, 5.74) is 2.01. The Balaban J connectivity index is 2.40. The minimum Gasteiger partial charge on any atom is -0.207 e. The molecule has 1 aromatic carbocycles. The first-order valence-corrected chi connectivity index (χ1v) is 6.84. The molecular weight excluding hydrogens is 311 g/mol. The Kier molecular flexibility index (Phi) is 3.67. The van der Waals surface area contributed by atoms with Crippen molar-refractivity contribution in [3.8, 4) is 0 Å². The van der Waals surface area contributed by atoms with Crippen molar-refractivity contribution in [1.29, 1.82) is 0 Å². The predicted octanol–water partition coefficient (Wildman–Crippen LogP) is 5.33. The lowest BCUT2D eigenvalue weighted by atomic mass is 10.0. The van der Waals surface area contributed by atoms with Crippen LogP contribution < -0.4 is 0 Å². The summed E-state index contributed by atoms with van der Waals surface area (Å²) in [6.45, 7) is 1.97. The first-order chi connectivity index (χ1) is 7.58. The van der Waals surface area contributed by atoms with E-state index in [9.17, 15) is 4.39 Å². The van der Waals surface area contributed by atoms with Gasteiger partial charge in [-0.15, -0.1) is 11.3 Å². The molecule has 0 aliphatic heterocycles. The van der Waals surface area contributed by atoms with E-state index in [1.807, 2.05) is 19.1 Å². The van der Waals surface area contributed by atoms with Gasteiger partial charge in [-0.2, -0.15) is 0 Å². The van der Waals surface area contributed by atoms with Crippen LogP contribution in [0.5, 0.6) is 0 Å². The highest BCUT2D eigenvalue weighted by Crippen LogP contribution is 2.38. The highest BCUT2D eigenvalue weighted by atomic mass is 79.9. The molecule has 84 valence electrons. The lowest BCUT2D eigenvalue weighted by molar-refractivity contribution is 0.625. The Labute approximate surface area is 111 Å². The van der Waals surface area contributed by atoms with Crippen LogP contribution in [0.25, 0.3) is 0 Å². The van der Waals surface area contributed by atoms with Crippen LogP contribution in [0.1, 0.15) is 20.8 Å². The molecule has 4 heteroatoms. The molecule has 16 heavy (non-hydrogen) atoms. The Bertz CT molecular complexity index is 509. The van der Waals surface area contributed by atoms with Crippen molar-refractivity contribution >= 4 is 38.9 Å². The summed E-state index contributed by atoms with van der Waals surface area (Å²) >= 11 is 11.0. The van der Waals surface area contributed by atoms with E-state index in [0.29, 0.717) is 0 Å². The van der Waals surface area contributed by atoms with Crippen LogP contribution in [0, 0.1) is 12.7 Å². The second-order valence-electron chi connectivity index (χ2n) is 3.51. The molecule has 0 aliphatic rings. The fourth-order valence-corrected chi connectivity index (χ4v) is 3.49. The molecule has 0 nitrogen and oxygen atoms in total. The quantitative estimate of drug-likeness (QED) is 0.656. The zero-order valence-electron chi connectivity index (χ0n) is 8.51. The average molecular weight is 320 g/mol. The van der Waals surface area contributed by atoms with E-state index >= 15 is 0 Å². The van der Waals surface area contributed by atoms with E-state index in [1.165, 1.54) is 17.4 Å². The third-order valence-electron chi connectivity index (χ3n) is 2.36. The normalized spacial score (nSPS) is 12.8. The van der Waals surface area contributed by atoms with Gasteiger partial charge in [0.1, 0.15) is 5.82 Å². The van der Waals surface area contributed by atoms with Crippen molar-refractivity contribution in [1.82, 2.24) is 0 Å². The molecule has 0 aliphatic carbocycles. The van der Waals surface area contributed by atoms with Gasteiger partial charge in [-0.25, -0.2) is 4.39 Å². The first kappa shape index (κ1) is 12.1. The minimum atomic E-state index is -0.215. The Morgan fingerprint density at radius 3 is 2.69 bits per heavy atom. The van der Waals surface area contributed by atoms with Crippen molar-refractivity contribution in [2.45, 2.75) is 11.8 Å². The van der Waals surface area contributed by atoms with Crippen LogP contribution >= 0.6 is 38.9 Å². The summed E-state index contributed by atoms with van der Waals surface area (Å²) in [6, 6.07) is 8.62. The summed E-state index contributed by atoms with van der Waals surface area (Å²) in [4.78, 5) is 1.08. The Hall–Kier alpha value is -0.380. The van der Waals surface area contributed by atoms with Gasteiger partial charge in [-0.3, -0.25) is 0 Å². The highest BCUT2D eigenvalue weighted by molar-refractivity contribution is 9.09. The molecule has 2 aromatic rings. The van der Waals surface area contributed by atoms with Crippen LogP contribution in [0.4, 0.5) is 4.39 Å². The number of hydrogen-bond donors (Lipinski definition) is 0. The molecule has 1 atom stereocenters. The molecule has 0 bridgehead atoms. The lowest BCUT2D eigenvalue weighted by Crippen LogP contribution is -1.94. The van der Waals surface area contributed by atoms with E-state index in [0.717, 1.165) is 20.3 Å². The molecule has 0 amide bonds. The van der Waals surface area contributed by atoms with E-state index in [4.69, 9.17) is 11.6 Å². The first-order valence-electron chi connectivity index (χ1n) is 4.73. The van der Waals surface area contributed by atoms with Crippen LogP contribution in [-0.4, -0.2) is 0 Å². The molecule has 1 unspecified atom stereocenters. The van der Waals surface area contributed by atoms with Gasteiger partial charge in [0.15, 0.2) is 0 Å². The molecular formula is C12H9BrClFS. The van der Waals surface area contributed by atoms with E-state index in [2.05, 4.69) is 15.9 Å². The van der Waals surface area contributed by atoms with Crippen LogP contribution in [0.3, 0.4) is 0 Å². The van der Waals surface area contributed by atoms with Gasteiger partial charge in [-0.1, -0.05) is 33.6 Å². The molecule has 0 radical (unpaired) electrons. The number of halogens is 3. The average Bonchev–Trinajstić information content (AvgIpc) is 2.67. The third kappa shape index (κ3) is 2.47. The Morgan fingerprint density at radius 2 is 2.06 bits per heavy atom. The molecule has 0 saturated carbocycles. The molecule has 0 N–H and O–H groups in total. The van der Waals surface area contributed by atoms with Crippen molar-refractivity contribution in [3.63, 3.8) is 0 Å². The summed E-state index contributed by atoms with van der Waals surface area (Å²) in [7, 11) is 0. The number of aryl methyl sites for hydroxylation is 1. The topological polar surface area (TPSA) is 0 Å². The van der Waals surface area contributed by atoms with Crippen LogP contribution in [0.15, 0.2) is 30.3 Å². The molecule has 1 heterocycles. The van der Waals surface area contributed by atoms with Crippen molar-refractivity contribution in [2.24, 2.45) is 0 Å². The predicted molar refractivity (Wildman–Crippen MR) is 71.2 cm³/mol. The molecule has 1 aromatic heterocycles. The van der Waals surface area contributed by atoms with Gasteiger partial charge >= 0.3 is 0 Å². The van der Waals surface area contributed by atoms with E-state index < -0.39 is 0 Å². The minimum absolute atomic E-state index is 0.000648. The molecule has 0 saturated heterocycles. The lowest BCUT2D eigenvalue weighted by Gasteiger charge is -2.11. The fraction of sp³-hybridized carbons (Fsp3) is 0.167. The summed E-state index contributed by atoms with van der Waals surface area (Å²) in [6.07, 6.45) is 0. The number of alkyl halides is 1. The molecule has 2 rings (SSSR count). The zero-order valence-corrected chi connectivity index (χ0v) is 11.7. The molecule has 0 fully saturated rings. The monoisotopic (exact) mass is 318 g/mol. The maximum Gasteiger partial charge on any atom is 0.123 e. The number of hydrogen-bond acceptors (Lipinski definition) is 1. The molecule has 0 spiro atoms. The third-order valence-corrected chi connectivity index (χ3v) is 4.94. The number of thiophene rings is 1. The smallest absolute Gasteiger partial charge is 0.123 e.